The number of nitrogens with one attached hydrogen (secondary N) is 3. The minimum Gasteiger partial charge on any atom is -0.479 e. The molecule has 4 saturated heterocycles. The molecule has 4 aromatic heterocycles. The predicted octanol–water partition coefficient (Wildman–Crippen LogP) is 4.44. The summed E-state index contributed by atoms with van der Waals surface area (Å²) in [6.07, 6.45) is -5.50. The van der Waals surface area contributed by atoms with E-state index in [9.17, 15) is 29.7 Å². The molecule has 0 bridgehead atoms. The van der Waals surface area contributed by atoms with E-state index in [1.807, 2.05) is 84.9 Å². The Morgan fingerprint density at radius 1 is 0.605 bits per heavy atom. The third-order valence-electron chi connectivity index (χ3n) is 13.7. The van der Waals surface area contributed by atoms with Crippen molar-refractivity contribution in [2.75, 3.05) is 39.5 Å². The number of rotatable bonds is 16. The number of carboxylic acid groups (broad SMARTS) is 2. The number of halogens is 2. The van der Waals surface area contributed by atoms with E-state index in [0.717, 1.165) is 45.2 Å². The van der Waals surface area contributed by atoms with Crippen LogP contribution in [0, 0.1) is 0 Å². The first-order chi connectivity index (χ1) is 39.1. The Morgan fingerprint density at radius 3 is 1.40 bits per heavy atom. The second-order valence-electron chi connectivity index (χ2n) is 19.3. The van der Waals surface area contributed by atoms with Gasteiger partial charge in [0.2, 0.25) is 0 Å². The van der Waals surface area contributed by atoms with Crippen LogP contribution in [0.5, 0.6) is 12.0 Å². The SMILES string of the molecule is NCC(O)C(=O)O.O=C(O)C(O)CNCc1ccc(-c2ccc(-c3nc4nc(O[C@@H]5CO[C@H]6[C@@H]5OC[C@H]6O)[nH]c4cc3Cl)cc2)cc1.O=Cc1ccc(-c2ccc(-c3nc4nc(O[C@@H]5CO[C@H]6[C@@H]5OC[C@H]6O)[nH]c4cc3Cl)cc2)cc1. The number of aliphatic carboxylic acids is 2. The Balaban J connectivity index is 0.000000164. The highest BCUT2D eigenvalue weighted by Gasteiger charge is 2.50. The molecule has 23 nitrogen and oxygen atoms in total. The van der Waals surface area contributed by atoms with Crippen LogP contribution in [0.25, 0.3) is 67.1 Å². The average molecular weight is 1150 g/mol. The highest BCUT2D eigenvalue weighted by atomic mass is 35.5. The largest absolute Gasteiger partial charge is 0.479 e. The lowest BCUT2D eigenvalue weighted by Gasteiger charge is -2.15. The van der Waals surface area contributed by atoms with Gasteiger partial charge in [-0.25, -0.2) is 19.6 Å². The molecule has 0 aliphatic carbocycles. The number of fused-ring (bicyclic) bond motifs is 4. The van der Waals surface area contributed by atoms with E-state index < -0.39 is 42.5 Å². The highest BCUT2D eigenvalue weighted by Crippen LogP contribution is 2.36. The molecule has 0 saturated carbocycles. The van der Waals surface area contributed by atoms with Crippen molar-refractivity contribution in [2.24, 2.45) is 5.73 Å². The molecular formula is C56H54Cl2N8O15. The van der Waals surface area contributed by atoms with Gasteiger partial charge in [-0.1, -0.05) is 120 Å². The van der Waals surface area contributed by atoms with Crippen molar-refractivity contribution >= 4 is 63.8 Å². The average Bonchev–Trinajstić information content (AvgIpc) is 4.48. The monoisotopic (exact) mass is 1150 g/mol. The van der Waals surface area contributed by atoms with Gasteiger partial charge in [0.05, 0.1) is 58.9 Å². The summed E-state index contributed by atoms with van der Waals surface area (Å²) in [6, 6.07) is 35.1. The fourth-order valence-corrected chi connectivity index (χ4v) is 9.96. The van der Waals surface area contributed by atoms with Crippen molar-refractivity contribution in [3.63, 3.8) is 0 Å². The van der Waals surface area contributed by atoms with Gasteiger partial charge in [0.1, 0.15) is 42.9 Å². The fourth-order valence-electron chi connectivity index (χ4n) is 9.44. The molecule has 81 heavy (non-hydrogen) atoms. The van der Waals surface area contributed by atoms with Crippen LogP contribution in [0.4, 0.5) is 0 Å². The second kappa shape index (κ2) is 25.1. The molecule has 422 valence electrons. The highest BCUT2D eigenvalue weighted by molar-refractivity contribution is 6.34. The number of nitrogens with zero attached hydrogens (tertiary/aromatic N) is 4. The van der Waals surface area contributed by atoms with Gasteiger partial charge in [0.25, 0.3) is 12.0 Å². The number of aromatic amines is 2. The Kier molecular flexibility index (Phi) is 17.6. The van der Waals surface area contributed by atoms with Gasteiger partial charge in [0, 0.05) is 36.3 Å². The van der Waals surface area contributed by atoms with Crippen LogP contribution >= 0.6 is 23.2 Å². The van der Waals surface area contributed by atoms with Gasteiger partial charge in [-0.2, -0.15) is 9.97 Å². The first-order valence-electron chi connectivity index (χ1n) is 25.5. The molecule has 0 spiro atoms. The van der Waals surface area contributed by atoms with Crippen LogP contribution in [-0.2, 0) is 35.1 Å². The lowest BCUT2D eigenvalue weighted by molar-refractivity contribution is -0.146. The van der Waals surface area contributed by atoms with Crippen molar-refractivity contribution in [2.45, 2.75) is 67.6 Å². The molecule has 4 fully saturated rings. The summed E-state index contributed by atoms with van der Waals surface area (Å²) in [7, 11) is 0. The van der Waals surface area contributed by atoms with Gasteiger partial charge in [-0.15, -0.1) is 0 Å². The van der Waals surface area contributed by atoms with Crippen molar-refractivity contribution in [3.05, 3.63) is 130 Å². The van der Waals surface area contributed by atoms with Crippen molar-refractivity contribution in [1.29, 1.82) is 0 Å². The summed E-state index contributed by atoms with van der Waals surface area (Å²) in [5.41, 5.74) is 15.5. The molecule has 10 atom stereocenters. The molecule has 4 aliphatic rings. The van der Waals surface area contributed by atoms with E-state index >= 15 is 0 Å². The zero-order valence-corrected chi connectivity index (χ0v) is 44.2. The van der Waals surface area contributed by atoms with Gasteiger partial charge in [0.15, 0.2) is 35.7 Å². The van der Waals surface area contributed by atoms with Crippen LogP contribution in [-0.4, -0.2) is 179 Å². The minimum absolute atomic E-state index is 0.0239. The lowest BCUT2D eigenvalue weighted by atomic mass is 10.0. The maximum absolute atomic E-state index is 10.9. The quantitative estimate of drug-likeness (QED) is 0.0598. The van der Waals surface area contributed by atoms with E-state index in [0.29, 0.717) is 75.1 Å². The minimum atomic E-state index is -1.43. The first kappa shape index (κ1) is 56.8. The molecule has 8 aromatic rings. The van der Waals surface area contributed by atoms with Crippen molar-refractivity contribution < 1.29 is 73.4 Å². The summed E-state index contributed by atoms with van der Waals surface area (Å²) >= 11 is 13.1. The summed E-state index contributed by atoms with van der Waals surface area (Å²) in [5.74, 6) is -2.53. The number of ether oxygens (including phenoxy) is 6. The number of aliphatic hydroxyl groups is 4. The van der Waals surface area contributed by atoms with Gasteiger partial charge in [-0.05, 0) is 39.9 Å². The Hall–Kier alpha value is -7.49. The van der Waals surface area contributed by atoms with Crippen LogP contribution in [0.2, 0.25) is 10.0 Å². The third kappa shape index (κ3) is 13.0. The number of hydrogen-bond acceptors (Lipinski definition) is 19. The number of H-pyrrole nitrogens is 2. The number of imidazole rings is 2. The number of benzene rings is 4. The maximum Gasteiger partial charge on any atom is 0.333 e. The predicted molar refractivity (Wildman–Crippen MR) is 293 cm³/mol. The Labute approximate surface area is 470 Å². The van der Waals surface area contributed by atoms with Gasteiger partial charge < -0.3 is 80.1 Å². The number of nitrogens with two attached hydrogens (primary N) is 1. The number of aliphatic hydroxyl groups excluding tert-OH is 4. The first-order valence-corrected chi connectivity index (χ1v) is 26.2. The normalized spacial score (nSPS) is 22.5. The lowest BCUT2D eigenvalue weighted by Crippen LogP contribution is -2.34. The molecule has 11 N–H and O–H groups in total. The van der Waals surface area contributed by atoms with Crippen LogP contribution in [0.3, 0.4) is 0 Å². The summed E-state index contributed by atoms with van der Waals surface area (Å²) in [4.78, 5) is 55.6. The van der Waals surface area contributed by atoms with Gasteiger partial charge >= 0.3 is 11.9 Å². The Morgan fingerprint density at radius 2 is 1.00 bits per heavy atom. The second-order valence-corrected chi connectivity index (χ2v) is 20.1. The van der Waals surface area contributed by atoms with Gasteiger partial charge in [-0.3, -0.25) is 4.79 Å². The summed E-state index contributed by atoms with van der Waals surface area (Å²) in [5, 5.41) is 57.9. The number of carbonyl (C=O) groups is 3. The topological polar surface area (TPSA) is 349 Å². The number of aldehydes is 1. The number of pyridine rings is 2. The molecule has 12 rings (SSSR count). The van der Waals surface area contributed by atoms with E-state index in [1.54, 1.807) is 24.3 Å². The van der Waals surface area contributed by atoms with E-state index in [-0.39, 0.29) is 62.8 Å². The standard InChI is InChI=1S/C28H27ClN4O7.C25H20ClN3O5.C3H7NO3/c29-18-9-19-26(33-28(31-19)40-22-13-39-24-21(35)12-38-25(22)24)32-23(18)17-7-5-16(6-8-17)15-3-1-14(2-4-15)10-30-11-20(34)27(36)37;26-17-9-18-24(29-25(27-18)34-20-12-33-22-19(31)11-32-23(20)22)28-21(17)16-7-5-15(6-8-16)14-3-1-13(10-30)2-4-14;4-1-2(5)3(6)7/h1-9,20-22,24-25,30,34-35H,10-13H2,(H,36,37)(H,31,32,33);1-10,19-20,22-23,31H,11-12H2,(H,27,28,29);2,5H,1,4H2,(H,6,7)/t20?,21-,22-,24-,25-;19-,20-,22-,23-;/m11./s1. The molecule has 4 aliphatic heterocycles. The number of hydrogen-bond donors (Lipinski definition) is 10. The van der Waals surface area contributed by atoms with Crippen LogP contribution in [0.15, 0.2) is 109 Å². The van der Waals surface area contributed by atoms with Crippen LogP contribution in [0.1, 0.15) is 15.9 Å². The molecule has 0 amide bonds. The van der Waals surface area contributed by atoms with E-state index in [4.69, 9.17) is 72.7 Å². The van der Waals surface area contributed by atoms with Crippen LogP contribution < -0.4 is 20.5 Å². The van der Waals surface area contributed by atoms with Crippen molar-refractivity contribution in [3.8, 4) is 56.8 Å². The van der Waals surface area contributed by atoms with E-state index in [2.05, 4.69) is 35.2 Å². The Bertz CT molecular complexity index is 3500. The molecule has 4 aromatic carbocycles. The fraction of sp³-hybridized carbons (Fsp3) is 0.304. The summed E-state index contributed by atoms with van der Waals surface area (Å²) in [6.45, 7) is 1.26. The molecule has 25 heteroatoms. The number of aromatic nitrogens is 6. The van der Waals surface area contributed by atoms with E-state index in [1.165, 1.54) is 0 Å². The summed E-state index contributed by atoms with van der Waals surface area (Å²) < 4.78 is 34.4. The molecular weight excluding hydrogens is 1100 g/mol. The number of carboxylic acids is 2. The van der Waals surface area contributed by atoms with Crippen molar-refractivity contribution in [1.82, 2.24) is 35.2 Å². The zero-order chi connectivity index (χ0) is 56.9. The maximum atomic E-state index is 10.9. The molecule has 8 heterocycles. The third-order valence-corrected chi connectivity index (χ3v) is 14.3. The number of carbonyl (C=O) groups excluding carboxylic acids is 1. The molecule has 0 radical (unpaired) electrons. The smallest absolute Gasteiger partial charge is 0.333 e. The molecule has 2 unspecified atom stereocenters. The zero-order valence-electron chi connectivity index (χ0n) is 42.7.